The van der Waals surface area contributed by atoms with Crippen molar-refractivity contribution in [1.29, 1.82) is 0 Å². The predicted molar refractivity (Wildman–Crippen MR) is 94.0 cm³/mol. The average molecular weight is 378 g/mol. The molecule has 0 N–H and O–H groups in total. The van der Waals surface area contributed by atoms with Gasteiger partial charge in [0.25, 0.3) is 0 Å². The van der Waals surface area contributed by atoms with Crippen molar-refractivity contribution in [2.75, 3.05) is 31.2 Å². The van der Waals surface area contributed by atoms with E-state index in [2.05, 4.69) is 0 Å². The minimum atomic E-state index is -3.59. The van der Waals surface area contributed by atoms with E-state index in [4.69, 9.17) is 4.74 Å². The van der Waals surface area contributed by atoms with Crippen molar-refractivity contribution in [3.05, 3.63) is 24.3 Å². The maximum absolute atomic E-state index is 12.7. The molecule has 2 unspecified atom stereocenters. The highest BCUT2D eigenvalue weighted by Gasteiger charge is 2.48. The number of amides is 2. The van der Waals surface area contributed by atoms with E-state index in [1.165, 1.54) is 21.3 Å². The number of imide groups is 1. The van der Waals surface area contributed by atoms with E-state index in [-0.39, 0.29) is 28.5 Å². The molecule has 1 saturated carbocycles. The summed E-state index contributed by atoms with van der Waals surface area (Å²) < 4.78 is 31.9. The summed E-state index contributed by atoms with van der Waals surface area (Å²) in [5, 5.41) is 0. The van der Waals surface area contributed by atoms with Crippen LogP contribution in [0.2, 0.25) is 0 Å². The van der Waals surface area contributed by atoms with Crippen LogP contribution in [0.3, 0.4) is 0 Å². The summed E-state index contributed by atoms with van der Waals surface area (Å²) in [7, 11) is -3.59. The molecule has 1 aromatic rings. The molecule has 1 aromatic carbocycles. The van der Waals surface area contributed by atoms with Gasteiger partial charge < -0.3 is 4.74 Å². The number of hydrogen-bond donors (Lipinski definition) is 0. The molecule has 8 heteroatoms. The van der Waals surface area contributed by atoms with Gasteiger partial charge in [0.05, 0.1) is 35.6 Å². The van der Waals surface area contributed by atoms with Crippen molar-refractivity contribution in [2.24, 2.45) is 11.8 Å². The third-order valence-electron chi connectivity index (χ3n) is 5.54. The van der Waals surface area contributed by atoms with E-state index in [0.717, 1.165) is 25.7 Å². The molecular formula is C18H22N2O5S. The Kier molecular flexibility index (Phi) is 4.58. The minimum Gasteiger partial charge on any atom is -0.379 e. The van der Waals surface area contributed by atoms with Gasteiger partial charge in [0.1, 0.15) is 0 Å². The monoisotopic (exact) mass is 378 g/mol. The van der Waals surface area contributed by atoms with Crippen LogP contribution in [-0.4, -0.2) is 50.8 Å². The highest BCUT2D eigenvalue weighted by Crippen LogP contribution is 2.40. The Hall–Kier alpha value is -1.77. The number of fused-ring (bicyclic) bond motifs is 1. The number of rotatable bonds is 3. The number of carbonyl (C=O) groups is 2. The number of nitrogens with zero attached hydrogens (tertiary/aromatic N) is 2. The van der Waals surface area contributed by atoms with E-state index in [1.54, 1.807) is 12.1 Å². The number of carbonyl (C=O) groups excluding carboxylic acids is 2. The lowest BCUT2D eigenvalue weighted by molar-refractivity contribution is -0.122. The average Bonchev–Trinajstić information content (AvgIpc) is 2.94. The molecule has 26 heavy (non-hydrogen) atoms. The summed E-state index contributed by atoms with van der Waals surface area (Å²) in [5.74, 6) is -0.729. The number of benzene rings is 1. The lowest BCUT2D eigenvalue weighted by Gasteiger charge is -2.26. The van der Waals surface area contributed by atoms with E-state index in [0.29, 0.717) is 32.0 Å². The highest BCUT2D eigenvalue weighted by atomic mass is 32.2. The van der Waals surface area contributed by atoms with E-state index < -0.39 is 10.0 Å². The standard InChI is InChI=1S/C18H22N2O5S/c21-17-15-3-1-2-4-16(15)18(22)20(17)13-5-7-14(8-6-13)26(23,24)19-9-11-25-12-10-19/h5-8,15-16H,1-4,9-12H2. The fourth-order valence-electron chi connectivity index (χ4n) is 4.12. The molecule has 7 nitrogen and oxygen atoms in total. The van der Waals surface area contributed by atoms with Gasteiger partial charge in [-0.2, -0.15) is 4.31 Å². The number of hydrogen-bond acceptors (Lipinski definition) is 5. The highest BCUT2D eigenvalue weighted by molar-refractivity contribution is 7.89. The van der Waals surface area contributed by atoms with Gasteiger partial charge in [-0.15, -0.1) is 0 Å². The summed E-state index contributed by atoms with van der Waals surface area (Å²) in [5.41, 5.74) is 0.454. The van der Waals surface area contributed by atoms with Crippen molar-refractivity contribution in [3.8, 4) is 0 Å². The quantitative estimate of drug-likeness (QED) is 0.742. The van der Waals surface area contributed by atoms with E-state index in [1.807, 2.05) is 0 Å². The second-order valence-corrected chi connectivity index (χ2v) is 8.96. The Morgan fingerprint density at radius 2 is 1.42 bits per heavy atom. The summed E-state index contributed by atoms with van der Waals surface area (Å²) in [4.78, 5) is 26.7. The van der Waals surface area contributed by atoms with Gasteiger partial charge in [-0.25, -0.2) is 8.42 Å². The zero-order valence-electron chi connectivity index (χ0n) is 14.5. The molecule has 2 amide bonds. The number of morpholine rings is 1. The number of sulfonamides is 1. The summed E-state index contributed by atoms with van der Waals surface area (Å²) in [6.45, 7) is 1.43. The Morgan fingerprint density at radius 1 is 0.885 bits per heavy atom. The molecule has 140 valence electrons. The van der Waals surface area contributed by atoms with Crippen molar-refractivity contribution in [1.82, 2.24) is 4.31 Å². The zero-order chi connectivity index (χ0) is 18.3. The van der Waals surface area contributed by atoms with Gasteiger partial charge in [0.2, 0.25) is 21.8 Å². The summed E-state index contributed by atoms with van der Waals surface area (Å²) >= 11 is 0. The van der Waals surface area contributed by atoms with Gasteiger partial charge >= 0.3 is 0 Å². The van der Waals surface area contributed by atoms with Crippen molar-refractivity contribution < 1.29 is 22.7 Å². The van der Waals surface area contributed by atoms with Gasteiger partial charge in [0, 0.05) is 13.1 Å². The van der Waals surface area contributed by atoms with Gasteiger partial charge in [-0.1, -0.05) is 12.8 Å². The maximum Gasteiger partial charge on any atom is 0.243 e. The fourth-order valence-corrected chi connectivity index (χ4v) is 5.53. The summed E-state index contributed by atoms with van der Waals surface area (Å²) in [6.07, 6.45) is 3.47. The Bertz CT molecular complexity index is 790. The Balaban J connectivity index is 1.58. The number of anilines is 1. The molecule has 3 fully saturated rings. The van der Waals surface area contributed by atoms with Gasteiger partial charge in [0.15, 0.2) is 0 Å². The smallest absolute Gasteiger partial charge is 0.243 e. The molecule has 2 saturated heterocycles. The lowest BCUT2D eigenvalue weighted by atomic mass is 9.81. The molecule has 2 atom stereocenters. The van der Waals surface area contributed by atoms with E-state index in [9.17, 15) is 18.0 Å². The minimum absolute atomic E-state index is 0.150. The first-order valence-electron chi connectivity index (χ1n) is 9.06. The number of ether oxygens (including phenoxy) is 1. The normalized spacial score (nSPS) is 27.6. The molecule has 2 aliphatic heterocycles. The third-order valence-corrected chi connectivity index (χ3v) is 7.46. The van der Waals surface area contributed by atoms with Crippen LogP contribution in [0.4, 0.5) is 5.69 Å². The fraction of sp³-hybridized carbons (Fsp3) is 0.556. The van der Waals surface area contributed by atoms with Crippen LogP contribution in [0, 0.1) is 11.8 Å². The zero-order valence-corrected chi connectivity index (χ0v) is 15.3. The topological polar surface area (TPSA) is 84.0 Å². The van der Waals surface area contributed by atoms with Crippen LogP contribution in [0.15, 0.2) is 29.2 Å². The van der Waals surface area contributed by atoms with Crippen LogP contribution in [-0.2, 0) is 24.3 Å². The largest absolute Gasteiger partial charge is 0.379 e. The van der Waals surface area contributed by atoms with Crippen LogP contribution in [0.1, 0.15) is 25.7 Å². The van der Waals surface area contributed by atoms with Crippen LogP contribution in [0.5, 0.6) is 0 Å². The SMILES string of the molecule is O=C1C2CCCCC2C(=O)N1c1ccc(S(=O)(=O)N2CCOCC2)cc1. The molecule has 0 spiro atoms. The Labute approximate surface area is 153 Å². The molecular weight excluding hydrogens is 356 g/mol. The molecule has 0 aromatic heterocycles. The predicted octanol–water partition coefficient (Wildman–Crippen LogP) is 1.39. The van der Waals surface area contributed by atoms with Gasteiger partial charge in [-0.3, -0.25) is 14.5 Å². The maximum atomic E-state index is 12.7. The van der Waals surface area contributed by atoms with Gasteiger partial charge in [-0.05, 0) is 37.1 Å². The molecule has 4 rings (SSSR count). The second kappa shape index (κ2) is 6.75. The van der Waals surface area contributed by atoms with Crippen LogP contribution < -0.4 is 4.90 Å². The van der Waals surface area contributed by atoms with Crippen LogP contribution >= 0.6 is 0 Å². The first-order valence-corrected chi connectivity index (χ1v) is 10.5. The summed E-state index contributed by atoms with van der Waals surface area (Å²) in [6, 6.07) is 6.06. The lowest BCUT2D eigenvalue weighted by Crippen LogP contribution is -2.40. The second-order valence-electron chi connectivity index (χ2n) is 7.02. The Morgan fingerprint density at radius 3 is 1.96 bits per heavy atom. The first kappa shape index (κ1) is 17.6. The molecule has 2 heterocycles. The van der Waals surface area contributed by atoms with Crippen molar-refractivity contribution >= 4 is 27.5 Å². The molecule has 0 radical (unpaired) electrons. The van der Waals surface area contributed by atoms with Crippen molar-refractivity contribution in [2.45, 2.75) is 30.6 Å². The first-order chi connectivity index (χ1) is 12.5. The molecule has 1 aliphatic carbocycles. The van der Waals surface area contributed by atoms with E-state index >= 15 is 0 Å². The molecule has 3 aliphatic rings. The van der Waals surface area contributed by atoms with Crippen molar-refractivity contribution in [3.63, 3.8) is 0 Å². The van der Waals surface area contributed by atoms with Crippen LogP contribution in [0.25, 0.3) is 0 Å². The molecule has 0 bridgehead atoms. The third kappa shape index (κ3) is 2.86.